The molecule has 2 amide bonds. The number of fused-ring (bicyclic) bond motifs is 1. The van der Waals surface area contributed by atoms with Crippen molar-refractivity contribution < 1.29 is 22.7 Å². The van der Waals surface area contributed by atoms with E-state index in [1.165, 1.54) is 11.0 Å². The summed E-state index contributed by atoms with van der Waals surface area (Å²) in [6, 6.07) is 17.1. The average molecular weight is 467 g/mol. The first kappa shape index (κ1) is 22.8. The molecule has 2 saturated heterocycles. The van der Waals surface area contributed by atoms with Gasteiger partial charge in [0.25, 0.3) is 10.0 Å². The quantitative estimate of drug-likeness (QED) is 0.580. The third kappa shape index (κ3) is 4.71. The molecule has 2 aromatic carbocycles. The Morgan fingerprint density at radius 1 is 1.09 bits per heavy atom. The molecule has 2 heterocycles. The fraction of sp³-hybridized carbons (Fsp3) is 0.280. The third-order valence-corrected chi connectivity index (χ3v) is 7.51. The van der Waals surface area contributed by atoms with E-state index >= 15 is 0 Å². The molecule has 4 rings (SSSR count). The molecular formula is C25H26N2O5S. The van der Waals surface area contributed by atoms with Gasteiger partial charge in [0, 0.05) is 6.54 Å². The highest BCUT2D eigenvalue weighted by Gasteiger charge is 2.57. The predicted octanol–water partition coefficient (Wildman–Crippen LogP) is 3.80. The van der Waals surface area contributed by atoms with Gasteiger partial charge in [-0.25, -0.2) is 17.5 Å². The minimum Gasteiger partial charge on any atom is -0.445 e. The van der Waals surface area contributed by atoms with Crippen LogP contribution in [0.3, 0.4) is 0 Å². The Balaban J connectivity index is 1.55. The van der Waals surface area contributed by atoms with Crippen molar-refractivity contribution in [2.24, 2.45) is 5.92 Å². The molecule has 7 nitrogen and oxygen atoms in total. The van der Waals surface area contributed by atoms with Crippen LogP contribution in [-0.4, -0.2) is 48.3 Å². The molecule has 0 radical (unpaired) electrons. The van der Waals surface area contributed by atoms with E-state index in [-0.39, 0.29) is 13.0 Å². The van der Waals surface area contributed by atoms with Crippen LogP contribution in [0.5, 0.6) is 0 Å². The number of carbonyl (C=O) groups is 2. The van der Waals surface area contributed by atoms with Crippen molar-refractivity contribution in [2.75, 3.05) is 6.54 Å². The molecule has 0 N–H and O–H groups in total. The lowest BCUT2D eigenvalue weighted by Gasteiger charge is -2.26. The van der Waals surface area contributed by atoms with Crippen LogP contribution in [0.15, 0.2) is 78.7 Å². The van der Waals surface area contributed by atoms with Gasteiger partial charge in [-0.15, -0.1) is 6.58 Å². The SMILES string of the molecule is C=CC[C@H]1C(=O)N(S(=O)(=O)C=Cc2ccccc2)[C@H]2CCN(C(=O)OCc3ccccc3)[C@H]12. The van der Waals surface area contributed by atoms with E-state index < -0.39 is 40.0 Å². The molecule has 33 heavy (non-hydrogen) atoms. The first-order chi connectivity index (χ1) is 15.9. The number of rotatable bonds is 7. The lowest BCUT2D eigenvalue weighted by Crippen LogP contribution is -2.43. The van der Waals surface area contributed by atoms with Gasteiger partial charge in [0.05, 0.1) is 23.4 Å². The van der Waals surface area contributed by atoms with Gasteiger partial charge in [-0.05, 0) is 30.0 Å². The first-order valence-electron chi connectivity index (χ1n) is 10.8. The van der Waals surface area contributed by atoms with E-state index in [9.17, 15) is 18.0 Å². The molecule has 2 aliphatic rings. The van der Waals surface area contributed by atoms with Gasteiger partial charge in [0.2, 0.25) is 5.91 Å². The molecule has 2 aliphatic heterocycles. The molecule has 8 heteroatoms. The second-order valence-electron chi connectivity index (χ2n) is 8.10. The number of hydrogen-bond donors (Lipinski definition) is 0. The first-order valence-corrected chi connectivity index (χ1v) is 12.3. The standard InChI is InChI=1S/C25H26N2O5S/c1-2-9-21-23-22(14-16-26(23)25(29)32-18-20-12-7-4-8-13-20)27(24(21)28)33(30,31)17-15-19-10-5-3-6-11-19/h2-8,10-13,15,17,21-23H,1,9,14,16,18H2/t21-,22+,23-/m1/s1. The second-order valence-corrected chi connectivity index (χ2v) is 9.80. The normalized spacial score (nSPS) is 22.5. The van der Waals surface area contributed by atoms with Gasteiger partial charge in [-0.1, -0.05) is 66.7 Å². The fourth-order valence-electron chi connectivity index (χ4n) is 4.56. The largest absolute Gasteiger partial charge is 0.445 e. The van der Waals surface area contributed by atoms with Gasteiger partial charge in [-0.3, -0.25) is 4.79 Å². The van der Waals surface area contributed by atoms with Crippen LogP contribution in [0.2, 0.25) is 0 Å². The molecule has 172 valence electrons. The summed E-state index contributed by atoms with van der Waals surface area (Å²) in [7, 11) is -4.03. The summed E-state index contributed by atoms with van der Waals surface area (Å²) in [5, 5.41) is 1.06. The molecule has 0 unspecified atom stereocenters. The molecule has 0 aromatic heterocycles. The number of benzene rings is 2. The zero-order valence-corrected chi connectivity index (χ0v) is 18.9. The van der Waals surface area contributed by atoms with Crippen LogP contribution < -0.4 is 0 Å². The molecular weight excluding hydrogens is 440 g/mol. The number of hydrogen-bond acceptors (Lipinski definition) is 5. The molecule has 2 aromatic rings. The Morgan fingerprint density at radius 2 is 1.76 bits per heavy atom. The van der Waals surface area contributed by atoms with E-state index in [0.717, 1.165) is 15.3 Å². The van der Waals surface area contributed by atoms with E-state index in [4.69, 9.17) is 4.74 Å². The van der Waals surface area contributed by atoms with Crippen LogP contribution in [0.1, 0.15) is 24.0 Å². The van der Waals surface area contributed by atoms with Crippen molar-refractivity contribution in [3.05, 3.63) is 89.9 Å². The Bertz CT molecular complexity index is 1150. The highest BCUT2D eigenvalue weighted by Crippen LogP contribution is 2.40. The van der Waals surface area contributed by atoms with Crippen molar-refractivity contribution in [1.29, 1.82) is 0 Å². The van der Waals surface area contributed by atoms with Crippen molar-refractivity contribution in [3.8, 4) is 0 Å². The number of ether oxygens (including phenoxy) is 1. The maximum absolute atomic E-state index is 13.2. The van der Waals surface area contributed by atoms with Gasteiger partial charge >= 0.3 is 6.09 Å². The summed E-state index contributed by atoms with van der Waals surface area (Å²) in [6.45, 7) is 4.14. The van der Waals surface area contributed by atoms with Gasteiger partial charge in [-0.2, -0.15) is 0 Å². The summed E-state index contributed by atoms with van der Waals surface area (Å²) in [4.78, 5) is 27.6. The smallest absolute Gasteiger partial charge is 0.410 e. The molecule has 2 fully saturated rings. The molecule has 0 saturated carbocycles. The topological polar surface area (TPSA) is 84.0 Å². The maximum atomic E-state index is 13.2. The van der Waals surface area contributed by atoms with Gasteiger partial charge in [0.1, 0.15) is 6.61 Å². The van der Waals surface area contributed by atoms with Crippen molar-refractivity contribution >= 4 is 28.1 Å². The summed E-state index contributed by atoms with van der Waals surface area (Å²) < 4.78 is 32.7. The lowest BCUT2D eigenvalue weighted by molar-refractivity contribution is -0.128. The lowest BCUT2D eigenvalue weighted by atomic mass is 9.96. The number of sulfonamides is 1. The zero-order chi connectivity index (χ0) is 23.4. The Kier molecular flexibility index (Phi) is 6.65. The summed E-state index contributed by atoms with van der Waals surface area (Å²) in [5.41, 5.74) is 1.56. The number of allylic oxidation sites excluding steroid dienone is 1. The highest BCUT2D eigenvalue weighted by molar-refractivity contribution is 7.92. The minimum atomic E-state index is -4.03. The molecule has 0 bridgehead atoms. The predicted molar refractivity (Wildman–Crippen MR) is 125 cm³/mol. The molecule has 0 aliphatic carbocycles. The number of carbonyl (C=O) groups excluding carboxylic acids is 2. The monoisotopic (exact) mass is 466 g/mol. The number of nitrogens with zero attached hydrogens (tertiary/aromatic N) is 2. The van der Waals surface area contributed by atoms with E-state index in [1.807, 2.05) is 36.4 Å². The fourth-order valence-corrected chi connectivity index (χ4v) is 6.01. The highest BCUT2D eigenvalue weighted by atomic mass is 32.2. The average Bonchev–Trinajstić information content (AvgIpc) is 3.36. The van der Waals surface area contributed by atoms with Crippen LogP contribution >= 0.6 is 0 Å². The van der Waals surface area contributed by atoms with Crippen LogP contribution in [0.4, 0.5) is 4.79 Å². The Morgan fingerprint density at radius 3 is 2.42 bits per heavy atom. The summed E-state index contributed by atoms with van der Waals surface area (Å²) in [6.07, 6.45) is 3.15. The van der Waals surface area contributed by atoms with Crippen LogP contribution in [-0.2, 0) is 26.2 Å². The van der Waals surface area contributed by atoms with Crippen molar-refractivity contribution in [1.82, 2.24) is 9.21 Å². The number of likely N-dealkylation sites (tertiary alicyclic amines) is 1. The van der Waals surface area contributed by atoms with Crippen molar-refractivity contribution in [2.45, 2.75) is 31.5 Å². The Hall–Kier alpha value is -3.39. The van der Waals surface area contributed by atoms with Crippen LogP contribution in [0, 0.1) is 5.92 Å². The van der Waals surface area contributed by atoms with E-state index in [1.54, 1.807) is 30.3 Å². The minimum absolute atomic E-state index is 0.107. The molecule has 0 spiro atoms. The van der Waals surface area contributed by atoms with Gasteiger partial charge < -0.3 is 9.64 Å². The van der Waals surface area contributed by atoms with E-state index in [2.05, 4.69) is 6.58 Å². The summed E-state index contributed by atoms with van der Waals surface area (Å²) in [5.74, 6) is -1.19. The van der Waals surface area contributed by atoms with Gasteiger partial charge in [0.15, 0.2) is 0 Å². The third-order valence-electron chi connectivity index (χ3n) is 6.03. The summed E-state index contributed by atoms with van der Waals surface area (Å²) >= 11 is 0. The van der Waals surface area contributed by atoms with E-state index in [0.29, 0.717) is 18.5 Å². The second kappa shape index (κ2) is 9.62. The maximum Gasteiger partial charge on any atom is 0.410 e. The molecule has 3 atom stereocenters. The number of amides is 2. The Labute approximate surface area is 194 Å². The zero-order valence-electron chi connectivity index (χ0n) is 18.1. The van der Waals surface area contributed by atoms with Crippen molar-refractivity contribution in [3.63, 3.8) is 0 Å². The van der Waals surface area contributed by atoms with Crippen LogP contribution in [0.25, 0.3) is 6.08 Å².